The number of alkyl carbamates (subject to hydrolysis) is 1. The molecule has 0 aromatic carbocycles. The molecule has 5 heteroatoms. The molecule has 1 saturated carbocycles. The molecule has 0 bridgehead atoms. The van der Waals surface area contributed by atoms with E-state index in [9.17, 15) is 4.79 Å². The number of hydrogen-bond donors (Lipinski definition) is 2. The SMILES string of the molecule is CC(C)NC(=O)OC1(c2cc[nH]n2)CCCC1. The zero-order valence-electron chi connectivity index (χ0n) is 10.3. The summed E-state index contributed by atoms with van der Waals surface area (Å²) in [7, 11) is 0. The molecule has 2 N–H and O–H groups in total. The lowest BCUT2D eigenvalue weighted by atomic mass is 9.98. The summed E-state index contributed by atoms with van der Waals surface area (Å²) in [5.74, 6) is 0. The van der Waals surface area contributed by atoms with Crippen molar-refractivity contribution in [1.29, 1.82) is 0 Å². The van der Waals surface area contributed by atoms with E-state index < -0.39 is 5.60 Å². The third kappa shape index (κ3) is 2.60. The lowest BCUT2D eigenvalue weighted by molar-refractivity contribution is 0.00805. The fraction of sp³-hybridized carbons (Fsp3) is 0.667. The van der Waals surface area contributed by atoms with E-state index in [4.69, 9.17) is 4.74 Å². The number of nitrogens with zero attached hydrogens (tertiary/aromatic N) is 1. The van der Waals surface area contributed by atoms with Gasteiger partial charge in [-0.15, -0.1) is 0 Å². The van der Waals surface area contributed by atoms with Gasteiger partial charge in [0, 0.05) is 12.2 Å². The predicted octanol–water partition coefficient (Wildman–Crippen LogP) is 2.31. The van der Waals surface area contributed by atoms with Crippen LogP contribution in [0.5, 0.6) is 0 Å². The molecule has 0 aliphatic heterocycles. The maximum Gasteiger partial charge on any atom is 0.408 e. The third-order valence-corrected chi connectivity index (χ3v) is 3.07. The zero-order valence-corrected chi connectivity index (χ0v) is 10.3. The molecule has 0 unspecified atom stereocenters. The molecule has 1 aromatic heterocycles. The van der Waals surface area contributed by atoms with Crippen molar-refractivity contribution in [3.8, 4) is 0 Å². The summed E-state index contributed by atoms with van der Waals surface area (Å²) in [6, 6.07) is 1.97. The summed E-state index contributed by atoms with van der Waals surface area (Å²) in [6.07, 6.45) is 5.25. The molecule has 1 aromatic rings. The Morgan fingerprint density at radius 3 is 2.76 bits per heavy atom. The Morgan fingerprint density at radius 1 is 1.53 bits per heavy atom. The minimum Gasteiger partial charge on any atom is -0.436 e. The highest BCUT2D eigenvalue weighted by Crippen LogP contribution is 2.41. The summed E-state index contributed by atoms with van der Waals surface area (Å²) in [6.45, 7) is 3.83. The van der Waals surface area contributed by atoms with Gasteiger partial charge in [0.2, 0.25) is 0 Å². The molecule has 0 spiro atoms. The van der Waals surface area contributed by atoms with Gasteiger partial charge in [-0.1, -0.05) is 0 Å². The van der Waals surface area contributed by atoms with E-state index in [0.717, 1.165) is 31.4 Å². The first-order valence-electron chi connectivity index (χ1n) is 6.12. The van der Waals surface area contributed by atoms with Crippen molar-refractivity contribution < 1.29 is 9.53 Å². The normalized spacial score (nSPS) is 18.3. The smallest absolute Gasteiger partial charge is 0.408 e. The number of amides is 1. The number of carbonyl (C=O) groups is 1. The highest BCUT2D eigenvalue weighted by Gasteiger charge is 2.41. The van der Waals surface area contributed by atoms with Crippen molar-refractivity contribution in [2.45, 2.75) is 51.2 Å². The summed E-state index contributed by atoms with van der Waals surface area (Å²) in [4.78, 5) is 11.7. The minimum absolute atomic E-state index is 0.0835. The molecule has 1 aliphatic carbocycles. The first kappa shape index (κ1) is 12.0. The largest absolute Gasteiger partial charge is 0.436 e. The number of rotatable bonds is 3. The summed E-state index contributed by atoms with van der Waals surface area (Å²) in [5.41, 5.74) is 0.299. The van der Waals surface area contributed by atoms with Gasteiger partial charge in [-0.25, -0.2) is 4.79 Å². The molecule has 94 valence electrons. The first-order valence-corrected chi connectivity index (χ1v) is 6.12. The van der Waals surface area contributed by atoms with Crippen LogP contribution in [-0.2, 0) is 10.3 Å². The number of ether oxygens (including phenoxy) is 1. The molecular weight excluding hydrogens is 218 g/mol. The lowest BCUT2D eigenvalue weighted by Gasteiger charge is -2.27. The van der Waals surface area contributed by atoms with Crippen LogP contribution in [0.4, 0.5) is 4.79 Å². The van der Waals surface area contributed by atoms with Crippen LogP contribution < -0.4 is 5.32 Å². The second kappa shape index (κ2) is 4.77. The average molecular weight is 237 g/mol. The first-order chi connectivity index (χ1) is 8.12. The van der Waals surface area contributed by atoms with Crippen molar-refractivity contribution >= 4 is 6.09 Å². The van der Waals surface area contributed by atoms with Crippen LogP contribution in [0, 0.1) is 0 Å². The topological polar surface area (TPSA) is 67.0 Å². The average Bonchev–Trinajstić information content (AvgIpc) is 2.84. The maximum atomic E-state index is 11.7. The quantitative estimate of drug-likeness (QED) is 0.847. The van der Waals surface area contributed by atoms with Gasteiger partial charge >= 0.3 is 6.09 Å². The van der Waals surface area contributed by atoms with E-state index in [2.05, 4.69) is 15.5 Å². The standard InChI is InChI=1S/C12H19N3O2/c1-9(2)14-11(16)17-12(6-3-4-7-12)10-5-8-13-15-10/h5,8-9H,3-4,6-7H2,1-2H3,(H,13,15)(H,14,16). The number of hydrogen-bond acceptors (Lipinski definition) is 3. The molecule has 17 heavy (non-hydrogen) atoms. The van der Waals surface area contributed by atoms with Gasteiger partial charge in [0.05, 0.1) is 0 Å². The number of carbonyl (C=O) groups excluding carboxylic acids is 1. The Labute approximate surface area is 101 Å². The maximum absolute atomic E-state index is 11.7. The monoisotopic (exact) mass is 237 g/mol. The zero-order chi connectivity index (χ0) is 12.3. The van der Waals surface area contributed by atoms with Gasteiger partial charge in [0.15, 0.2) is 5.60 Å². The molecule has 1 aliphatic rings. The van der Waals surface area contributed by atoms with Crippen molar-refractivity contribution in [2.24, 2.45) is 0 Å². The van der Waals surface area contributed by atoms with E-state index in [1.54, 1.807) is 6.20 Å². The molecule has 0 saturated heterocycles. The van der Waals surface area contributed by atoms with Crippen molar-refractivity contribution in [3.63, 3.8) is 0 Å². The van der Waals surface area contributed by atoms with Crippen LogP contribution in [0.15, 0.2) is 12.3 Å². The number of H-pyrrole nitrogens is 1. The van der Waals surface area contributed by atoms with Crippen LogP contribution in [0.25, 0.3) is 0 Å². The number of aromatic nitrogens is 2. The summed E-state index contributed by atoms with van der Waals surface area (Å²) < 4.78 is 5.62. The van der Waals surface area contributed by atoms with E-state index in [1.165, 1.54) is 0 Å². The number of aromatic amines is 1. The van der Waals surface area contributed by atoms with E-state index >= 15 is 0 Å². The predicted molar refractivity (Wildman–Crippen MR) is 63.5 cm³/mol. The van der Waals surface area contributed by atoms with Crippen molar-refractivity contribution in [3.05, 3.63) is 18.0 Å². The van der Waals surface area contributed by atoms with Crippen LogP contribution in [0.1, 0.15) is 45.2 Å². The molecule has 1 fully saturated rings. The summed E-state index contributed by atoms with van der Waals surface area (Å²) >= 11 is 0. The van der Waals surface area contributed by atoms with Crippen LogP contribution in [0.3, 0.4) is 0 Å². The second-order valence-corrected chi connectivity index (χ2v) is 4.85. The highest BCUT2D eigenvalue weighted by atomic mass is 16.6. The fourth-order valence-corrected chi connectivity index (χ4v) is 2.31. The molecule has 0 radical (unpaired) electrons. The Bertz CT molecular complexity index is 367. The Balaban J connectivity index is 2.10. The van der Waals surface area contributed by atoms with Gasteiger partial charge in [-0.2, -0.15) is 5.10 Å². The van der Waals surface area contributed by atoms with Crippen LogP contribution in [0.2, 0.25) is 0 Å². The van der Waals surface area contributed by atoms with Crippen LogP contribution in [-0.4, -0.2) is 22.3 Å². The Kier molecular flexibility index (Phi) is 3.36. The third-order valence-electron chi connectivity index (χ3n) is 3.07. The molecule has 1 amide bonds. The lowest BCUT2D eigenvalue weighted by Crippen LogP contribution is -2.38. The van der Waals surface area contributed by atoms with Crippen molar-refractivity contribution in [2.75, 3.05) is 0 Å². The summed E-state index contributed by atoms with van der Waals surface area (Å²) in [5, 5.41) is 9.71. The highest BCUT2D eigenvalue weighted by molar-refractivity contribution is 5.68. The van der Waals surface area contributed by atoms with Gasteiger partial charge in [0.1, 0.15) is 5.69 Å². The molecular formula is C12H19N3O2. The minimum atomic E-state index is -0.529. The van der Waals surface area contributed by atoms with Gasteiger partial charge in [-0.05, 0) is 45.6 Å². The van der Waals surface area contributed by atoms with E-state index in [0.29, 0.717) is 0 Å². The van der Waals surface area contributed by atoms with Crippen LogP contribution >= 0.6 is 0 Å². The van der Waals surface area contributed by atoms with E-state index in [1.807, 2.05) is 19.9 Å². The van der Waals surface area contributed by atoms with Gasteiger partial charge < -0.3 is 10.1 Å². The molecule has 0 atom stereocenters. The molecule has 5 nitrogen and oxygen atoms in total. The Morgan fingerprint density at radius 2 is 2.24 bits per heavy atom. The van der Waals surface area contributed by atoms with Gasteiger partial charge in [-0.3, -0.25) is 5.10 Å². The second-order valence-electron chi connectivity index (χ2n) is 4.85. The van der Waals surface area contributed by atoms with Gasteiger partial charge in [0.25, 0.3) is 0 Å². The Hall–Kier alpha value is -1.52. The molecule has 2 rings (SSSR count). The molecule has 1 heterocycles. The fourth-order valence-electron chi connectivity index (χ4n) is 2.31. The van der Waals surface area contributed by atoms with Crippen molar-refractivity contribution in [1.82, 2.24) is 15.5 Å². The number of nitrogens with one attached hydrogen (secondary N) is 2. The van der Waals surface area contributed by atoms with E-state index in [-0.39, 0.29) is 12.1 Å².